The molecular formula is C15H25N3O. The maximum atomic E-state index is 9.60. The molecule has 1 saturated carbocycles. The minimum atomic E-state index is 0.0943. The summed E-state index contributed by atoms with van der Waals surface area (Å²) in [5.41, 5.74) is 1.31. The molecule has 4 nitrogen and oxygen atoms in total. The van der Waals surface area contributed by atoms with E-state index in [1.165, 1.54) is 12.0 Å². The summed E-state index contributed by atoms with van der Waals surface area (Å²) in [6, 6.07) is 0. The Morgan fingerprint density at radius 1 is 1.42 bits per heavy atom. The van der Waals surface area contributed by atoms with Crippen molar-refractivity contribution < 1.29 is 5.11 Å². The van der Waals surface area contributed by atoms with Crippen molar-refractivity contribution in [1.29, 1.82) is 0 Å². The second-order valence-electron chi connectivity index (χ2n) is 5.88. The van der Waals surface area contributed by atoms with E-state index in [-0.39, 0.29) is 12.0 Å². The van der Waals surface area contributed by atoms with E-state index in [2.05, 4.69) is 28.8 Å². The van der Waals surface area contributed by atoms with Gasteiger partial charge >= 0.3 is 0 Å². The van der Waals surface area contributed by atoms with Crippen LogP contribution in [0, 0.1) is 12.3 Å². The highest BCUT2D eigenvalue weighted by molar-refractivity contribution is 5.45. The largest absolute Gasteiger partial charge is 0.396 e. The Morgan fingerprint density at radius 2 is 2.16 bits per heavy atom. The first-order chi connectivity index (χ1) is 9.10. The number of nitrogens with zero attached hydrogens (tertiary/aromatic N) is 3. The molecule has 0 unspecified atom stereocenters. The molecule has 106 valence electrons. The number of aromatic nitrogens is 2. The van der Waals surface area contributed by atoms with E-state index in [4.69, 9.17) is 0 Å². The van der Waals surface area contributed by atoms with E-state index in [0.29, 0.717) is 0 Å². The molecule has 4 heteroatoms. The molecule has 1 aliphatic rings. The van der Waals surface area contributed by atoms with Gasteiger partial charge in [0.25, 0.3) is 0 Å². The molecule has 1 aromatic rings. The van der Waals surface area contributed by atoms with Crippen LogP contribution in [0.4, 0.5) is 5.82 Å². The summed E-state index contributed by atoms with van der Waals surface area (Å²) in [5, 5.41) is 9.60. The number of hydrogen-bond donors (Lipinski definition) is 1. The van der Waals surface area contributed by atoms with Gasteiger partial charge in [0.2, 0.25) is 0 Å². The van der Waals surface area contributed by atoms with Gasteiger partial charge in [-0.1, -0.05) is 19.8 Å². The van der Waals surface area contributed by atoms with E-state index in [0.717, 1.165) is 43.9 Å². The minimum Gasteiger partial charge on any atom is -0.396 e. The molecule has 0 atom stereocenters. The van der Waals surface area contributed by atoms with Gasteiger partial charge in [0.1, 0.15) is 11.6 Å². The van der Waals surface area contributed by atoms with Crippen molar-refractivity contribution in [2.24, 2.45) is 5.41 Å². The van der Waals surface area contributed by atoms with Crippen molar-refractivity contribution in [2.75, 3.05) is 25.1 Å². The molecule has 2 rings (SSSR count). The van der Waals surface area contributed by atoms with Gasteiger partial charge in [0.15, 0.2) is 0 Å². The first-order valence-electron chi connectivity index (χ1n) is 7.25. The van der Waals surface area contributed by atoms with Gasteiger partial charge in [0, 0.05) is 30.8 Å². The average Bonchev–Trinajstić information content (AvgIpc) is 2.36. The van der Waals surface area contributed by atoms with E-state index in [1.54, 1.807) is 0 Å². The molecule has 0 spiro atoms. The van der Waals surface area contributed by atoms with Crippen LogP contribution in [-0.4, -0.2) is 35.3 Å². The van der Waals surface area contributed by atoms with Crippen LogP contribution < -0.4 is 4.90 Å². The Bertz CT molecular complexity index is 424. The molecule has 1 aliphatic carbocycles. The molecule has 0 aliphatic heterocycles. The fraction of sp³-hybridized carbons (Fsp3) is 0.733. The molecule has 1 heterocycles. The predicted molar refractivity (Wildman–Crippen MR) is 77.4 cm³/mol. The third-order valence-corrected chi connectivity index (χ3v) is 4.17. The first-order valence-corrected chi connectivity index (χ1v) is 7.25. The molecule has 19 heavy (non-hydrogen) atoms. The maximum Gasteiger partial charge on any atom is 0.135 e. The number of aliphatic hydroxyl groups is 1. The SMILES string of the molecule is CCCc1cnc(C)nc1N(C)CC1(CO)CCC1. The number of aryl methyl sites for hydroxylation is 2. The van der Waals surface area contributed by atoms with Gasteiger partial charge in [-0.3, -0.25) is 0 Å². The summed E-state index contributed by atoms with van der Waals surface area (Å²) in [4.78, 5) is 11.1. The average molecular weight is 263 g/mol. The summed E-state index contributed by atoms with van der Waals surface area (Å²) in [7, 11) is 2.08. The Hall–Kier alpha value is -1.16. The van der Waals surface area contributed by atoms with Crippen molar-refractivity contribution in [1.82, 2.24) is 9.97 Å². The number of aliphatic hydroxyl groups excluding tert-OH is 1. The van der Waals surface area contributed by atoms with E-state index >= 15 is 0 Å². The molecular weight excluding hydrogens is 238 g/mol. The molecule has 0 aromatic carbocycles. The smallest absolute Gasteiger partial charge is 0.135 e. The summed E-state index contributed by atoms with van der Waals surface area (Å²) in [6.45, 7) is 5.27. The van der Waals surface area contributed by atoms with E-state index in [9.17, 15) is 5.11 Å². The first kappa shape index (κ1) is 14.3. The predicted octanol–water partition coefficient (Wildman–Crippen LogP) is 2.34. The highest BCUT2D eigenvalue weighted by atomic mass is 16.3. The number of rotatable bonds is 6. The van der Waals surface area contributed by atoms with Gasteiger partial charge in [-0.25, -0.2) is 9.97 Å². The molecule has 0 amide bonds. The van der Waals surface area contributed by atoms with Crippen LogP contribution in [0.2, 0.25) is 0 Å². The third-order valence-electron chi connectivity index (χ3n) is 4.17. The highest BCUT2D eigenvalue weighted by Crippen LogP contribution is 2.41. The van der Waals surface area contributed by atoms with Crippen molar-refractivity contribution in [3.8, 4) is 0 Å². The lowest BCUT2D eigenvalue weighted by Crippen LogP contribution is -2.44. The summed E-state index contributed by atoms with van der Waals surface area (Å²) in [6.07, 6.45) is 7.54. The lowest BCUT2D eigenvalue weighted by Gasteiger charge is -2.43. The van der Waals surface area contributed by atoms with Gasteiger partial charge in [0.05, 0.1) is 6.61 Å². The Labute approximate surface area is 115 Å². The summed E-state index contributed by atoms with van der Waals surface area (Å²) in [5.74, 6) is 1.85. The minimum absolute atomic E-state index is 0.0943. The molecule has 1 aromatic heterocycles. The van der Waals surface area contributed by atoms with Crippen molar-refractivity contribution in [3.05, 3.63) is 17.6 Å². The topological polar surface area (TPSA) is 49.2 Å². The van der Waals surface area contributed by atoms with Crippen LogP contribution in [0.5, 0.6) is 0 Å². The van der Waals surface area contributed by atoms with Crippen LogP contribution in [0.3, 0.4) is 0 Å². The lowest BCUT2D eigenvalue weighted by atomic mass is 9.69. The zero-order chi connectivity index (χ0) is 13.9. The van der Waals surface area contributed by atoms with Crippen LogP contribution in [0.25, 0.3) is 0 Å². The van der Waals surface area contributed by atoms with Crippen molar-refractivity contribution in [3.63, 3.8) is 0 Å². The van der Waals surface area contributed by atoms with Crippen molar-refractivity contribution in [2.45, 2.75) is 46.0 Å². The van der Waals surface area contributed by atoms with Crippen LogP contribution in [-0.2, 0) is 6.42 Å². The molecule has 0 radical (unpaired) electrons. The fourth-order valence-electron chi connectivity index (χ4n) is 2.88. The van der Waals surface area contributed by atoms with Gasteiger partial charge in [-0.15, -0.1) is 0 Å². The molecule has 1 fully saturated rings. The standard InChI is InChI=1S/C15H25N3O/c1-4-6-13-9-16-12(2)17-14(13)18(3)10-15(11-19)7-5-8-15/h9,19H,4-8,10-11H2,1-3H3. The fourth-order valence-corrected chi connectivity index (χ4v) is 2.88. The van der Waals surface area contributed by atoms with E-state index in [1.807, 2.05) is 13.1 Å². The van der Waals surface area contributed by atoms with Crippen LogP contribution in [0.15, 0.2) is 6.20 Å². The molecule has 1 N–H and O–H groups in total. The second-order valence-corrected chi connectivity index (χ2v) is 5.88. The summed E-state index contributed by atoms with van der Waals surface area (Å²) < 4.78 is 0. The highest BCUT2D eigenvalue weighted by Gasteiger charge is 2.37. The number of anilines is 1. The van der Waals surface area contributed by atoms with Gasteiger partial charge in [-0.2, -0.15) is 0 Å². The quantitative estimate of drug-likeness (QED) is 0.856. The molecule has 0 saturated heterocycles. The van der Waals surface area contributed by atoms with Crippen LogP contribution >= 0.6 is 0 Å². The number of hydrogen-bond acceptors (Lipinski definition) is 4. The third kappa shape index (κ3) is 3.06. The van der Waals surface area contributed by atoms with Crippen LogP contribution in [0.1, 0.15) is 44.0 Å². The molecule has 0 bridgehead atoms. The van der Waals surface area contributed by atoms with Gasteiger partial charge in [-0.05, 0) is 26.2 Å². The Morgan fingerprint density at radius 3 is 2.68 bits per heavy atom. The van der Waals surface area contributed by atoms with E-state index < -0.39 is 0 Å². The normalized spacial score (nSPS) is 17.1. The summed E-state index contributed by atoms with van der Waals surface area (Å²) >= 11 is 0. The van der Waals surface area contributed by atoms with Gasteiger partial charge < -0.3 is 10.0 Å². The lowest BCUT2D eigenvalue weighted by molar-refractivity contribution is 0.0522. The Kier molecular flexibility index (Phi) is 4.40. The monoisotopic (exact) mass is 263 g/mol. The Balaban J connectivity index is 2.17. The van der Waals surface area contributed by atoms with Crippen molar-refractivity contribution >= 4 is 5.82 Å². The second kappa shape index (κ2) is 5.87. The maximum absolute atomic E-state index is 9.60. The zero-order valence-corrected chi connectivity index (χ0v) is 12.3. The zero-order valence-electron chi connectivity index (χ0n) is 12.3.